The van der Waals surface area contributed by atoms with Crippen LogP contribution in [0.5, 0.6) is 5.88 Å². The molecule has 0 radical (unpaired) electrons. The Morgan fingerprint density at radius 2 is 2.22 bits per heavy atom. The van der Waals surface area contributed by atoms with E-state index in [2.05, 4.69) is 25.5 Å². The summed E-state index contributed by atoms with van der Waals surface area (Å²) < 4.78 is 11.8. The molecule has 0 saturated heterocycles. The fourth-order valence-electron chi connectivity index (χ4n) is 2.52. The summed E-state index contributed by atoms with van der Waals surface area (Å²) in [5, 5.41) is 4.02. The van der Waals surface area contributed by atoms with Crippen molar-refractivity contribution < 1.29 is 14.3 Å². The van der Waals surface area contributed by atoms with E-state index in [9.17, 15) is 4.79 Å². The van der Waals surface area contributed by atoms with Gasteiger partial charge in [0.1, 0.15) is 12.7 Å². The number of hydrogen-bond acceptors (Lipinski definition) is 8. The van der Waals surface area contributed by atoms with Gasteiger partial charge in [0.25, 0.3) is 0 Å². The van der Waals surface area contributed by atoms with Gasteiger partial charge in [-0.2, -0.15) is 10.1 Å². The molecule has 9 heteroatoms. The van der Waals surface area contributed by atoms with Crippen LogP contribution in [0.3, 0.4) is 0 Å². The van der Waals surface area contributed by atoms with Crippen LogP contribution in [0.2, 0.25) is 0 Å². The Morgan fingerprint density at radius 1 is 1.39 bits per heavy atom. The van der Waals surface area contributed by atoms with Crippen LogP contribution < -0.4 is 10.2 Å². The van der Waals surface area contributed by atoms with Crippen molar-refractivity contribution in [3.63, 3.8) is 0 Å². The van der Waals surface area contributed by atoms with Crippen molar-refractivity contribution in [2.45, 2.75) is 18.9 Å². The van der Waals surface area contributed by atoms with Gasteiger partial charge in [-0.1, -0.05) is 6.92 Å². The first kappa shape index (κ1) is 14.9. The smallest absolute Gasteiger partial charge is 0.337 e. The average Bonchev–Trinajstić information content (AvgIpc) is 3.19. The minimum Gasteiger partial charge on any atom is -0.479 e. The monoisotopic (exact) mass is 316 g/mol. The maximum absolute atomic E-state index is 12.2. The maximum Gasteiger partial charge on any atom is 0.337 e. The Morgan fingerprint density at radius 3 is 2.91 bits per heavy atom. The lowest BCUT2D eigenvalue weighted by Gasteiger charge is -2.25. The van der Waals surface area contributed by atoms with Crippen molar-refractivity contribution >= 4 is 29.5 Å². The zero-order valence-corrected chi connectivity index (χ0v) is 13.0. The predicted octanol–water partition coefficient (Wildman–Crippen LogP) is 0.587. The van der Waals surface area contributed by atoms with Crippen LogP contribution in [0, 0.1) is 0 Å². The molecule has 1 atom stereocenters. The second kappa shape index (κ2) is 5.67. The highest BCUT2D eigenvalue weighted by Crippen LogP contribution is 2.27. The molecule has 1 aliphatic rings. The van der Waals surface area contributed by atoms with Crippen molar-refractivity contribution in [2.24, 2.45) is 5.10 Å². The van der Waals surface area contributed by atoms with E-state index in [1.54, 1.807) is 23.3 Å². The van der Waals surface area contributed by atoms with Crippen LogP contribution in [0.15, 0.2) is 23.3 Å². The van der Waals surface area contributed by atoms with Crippen molar-refractivity contribution in [1.82, 2.24) is 24.9 Å². The minimum absolute atomic E-state index is 0.389. The third kappa shape index (κ3) is 2.20. The highest BCUT2D eigenvalue weighted by Gasteiger charge is 2.44. The number of hydrogen-bond donors (Lipinski definition) is 1. The molecule has 3 heterocycles. The normalized spacial score (nSPS) is 21.6. The number of hydrazone groups is 1. The van der Waals surface area contributed by atoms with E-state index in [0.29, 0.717) is 29.0 Å². The summed E-state index contributed by atoms with van der Waals surface area (Å²) in [5.41, 5.74) is 3.59. The third-order valence-electron chi connectivity index (χ3n) is 3.81. The number of nitrogens with zero attached hydrogens (tertiary/aromatic N) is 5. The van der Waals surface area contributed by atoms with Gasteiger partial charge in [-0.3, -0.25) is 9.99 Å². The Balaban J connectivity index is 2.11. The summed E-state index contributed by atoms with van der Waals surface area (Å²) in [6, 6.07) is 0. The fourth-order valence-corrected chi connectivity index (χ4v) is 2.52. The molecule has 9 nitrogen and oxygen atoms in total. The molecular formula is C14H16N6O3. The highest BCUT2D eigenvalue weighted by atomic mass is 16.5. The second-order valence-corrected chi connectivity index (χ2v) is 4.91. The molecule has 0 aromatic carbocycles. The minimum atomic E-state index is -1.01. The largest absolute Gasteiger partial charge is 0.479 e. The standard InChI is InChI=1S/C14H16N6O3/c1-4-14(13(21)23-3)9(5-18-19-14)6-20-8-17-10-11(20)15-7-16-12(10)22-2/h5-8,19H,4H2,1-3H3/b9-6+. The van der Waals surface area contributed by atoms with E-state index in [4.69, 9.17) is 9.47 Å². The third-order valence-corrected chi connectivity index (χ3v) is 3.81. The molecule has 23 heavy (non-hydrogen) atoms. The van der Waals surface area contributed by atoms with Gasteiger partial charge in [0.2, 0.25) is 5.88 Å². The van der Waals surface area contributed by atoms with Gasteiger partial charge in [0, 0.05) is 11.8 Å². The van der Waals surface area contributed by atoms with Crippen LogP contribution in [-0.2, 0) is 9.53 Å². The van der Waals surface area contributed by atoms with Crippen LogP contribution in [0.4, 0.5) is 0 Å². The number of carbonyl (C=O) groups is 1. The van der Waals surface area contributed by atoms with E-state index in [0.717, 1.165) is 0 Å². The average molecular weight is 316 g/mol. The number of methoxy groups -OCH3 is 2. The van der Waals surface area contributed by atoms with E-state index < -0.39 is 11.5 Å². The molecular weight excluding hydrogens is 300 g/mol. The molecule has 1 aliphatic heterocycles. The van der Waals surface area contributed by atoms with Gasteiger partial charge >= 0.3 is 5.97 Å². The molecule has 1 unspecified atom stereocenters. The molecule has 120 valence electrons. The molecule has 0 aliphatic carbocycles. The molecule has 0 fully saturated rings. The zero-order chi connectivity index (χ0) is 16.4. The highest BCUT2D eigenvalue weighted by molar-refractivity contribution is 6.01. The second-order valence-electron chi connectivity index (χ2n) is 4.91. The first-order valence-corrected chi connectivity index (χ1v) is 6.98. The lowest BCUT2D eigenvalue weighted by molar-refractivity contribution is -0.146. The molecule has 1 N–H and O–H groups in total. The molecule has 0 saturated carbocycles. The topological polar surface area (TPSA) is 104 Å². The quantitative estimate of drug-likeness (QED) is 0.823. The van der Waals surface area contributed by atoms with E-state index in [1.165, 1.54) is 20.5 Å². The summed E-state index contributed by atoms with van der Waals surface area (Å²) in [5.74, 6) is -0.0135. The first-order chi connectivity index (χ1) is 11.2. The lowest BCUT2D eigenvalue weighted by atomic mass is 9.89. The molecule has 3 rings (SSSR count). The number of ether oxygens (including phenoxy) is 2. The Bertz CT molecular complexity index is 812. The van der Waals surface area contributed by atoms with Gasteiger partial charge in [-0.25, -0.2) is 14.8 Å². The molecule has 0 bridgehead atoms. The van der Waals surface area contributed by atoms with Crippen LogP contribution in [0.1, 0.15) is 13.3 Å². The van der Waals surface area contributed by atoms with Crippen molar-refractivity contribution in [1.29, 1.82) is 0 Å². The number of fused-ring (bicyclic) bond motifs is 1. The lowest BCUT2D eigenvalue weighted by Crippen LogP contribution is -2.48. The molecule has 0 spiro atoms. The van der Waals surface area contributed by atoms with Crippen LogP contribution >= 0.6 is 0 Å². The number of rotatable bonds is 4. The fraction of sp³-hybridized carbons (Fsp3) is 0.357. The van der Waals surface area contributed by atoms with E-state index in [-0.39, 0.29) is 0 Å². The SMILES string of the molecule is CCC1(C(=O)OC)NN=C/C1=C\n1cnc2c(OC)ncnc21. The van der Waals surface area contributed by atoms with Crippen molar-refractivity contribution in [3.8, 4) is 5.88 Å². The Hall–Kier alpha value is -2.97. The number of carbonyl (C=O) groups excluding carboxylic acids is 1. The Labute approximate surface area is 132 Å². The number of imidazole rings is 1. The first-order valence-electron chi connectivity index (χ1n) is 6.98. The molecule has 0 amide bonds. The van der Waals surface area contributed by atoms with Gasteiger partial charge in [-0.05, 0) is 6.42 Å². The van der Waals surface area contributed by atoms with Crippen molar-refractivity contribution in [3.05, 3.63) is 18.2 Å². The van der Waals surface area contributed by atoms with Gasteiger partial charge in [0.05, 0.1) is 20.4 Å². The summed E-state index contributed by atoms with van der Waals surface area (Å²) in [4.78, 5) is 24.7. The predicted molar refractivity (Wildman–Crippen MR) is 82.8 cm³/mol. The van der Waals surface area contributed by atoms with Gasteiger partial charge < -0.3 is 9.47 Å². The Kier molecular flexibility index (Phi) is 3.68. The summed E-state index contributed by atoms with van der Waals surface area (Å²) in [7, 11) is 2.87. The van der Waals surface area contributed by atoms with E-state index >= 15 is 0 Å². The van der Waals surface area contributed by atoms with Crippen LogP contribution in [0.25, 0.3) is 17.4 Å². The zero-order valence-electron chi connectivity index (χ0n) is 13.0. The van der Waals surface area contributed by atoms with E-state index in [1.807, 2.05) is 6.92 Å². The molecule has 2 aromatic heterocycles. The number of esters is 1. The number of nitrogens with one attached hydrogen (secondary N) is 1. The number of aromatic nitrogens is 4. The van der Waals surface area contributed by atoms with Crippen molar-refractivity contribution in [2.75, 3.05) is 14.2 Å². The summed E-state index contributed by atoms with van der Waals surface area (Å²) in [6.07, 6.45) is 6.79. The summed E-state index contributed by atoms with van der Waals surface area (Å²) in [6.45, 7) is 1.88. The summed E-state index contributed by atoms with van der Waals surface area (Å²) >= 11 is 0. The molecule has 2 aromatic rings. The maximum atomic E-state index is 12.2. The van der Waals surface area contributed by atoms with Gasteiger partial charge in [-0.15, -0.1) is 0 Å². The van der Waals surface area contributed by atoms with Crippen LogP contribution in [-0.4, -0.2) is 51.5 Å². The van der Waals surface area contributed by atoms with Gasteiger partial charge in [0.15, 0.2) is 16.7 Å².